The van der Waals surface area contributed by atoms with Gasteiger partial charge >= 0.3 is 0 Å². The Kier molecular flexibility index (Phi) is 5.64. The highest BCUT2D eigenvalue weighted by atomic mass is 16.2. The Morgan fingerprint density at radius 1 is 1.21 bits per heavy atom. The summed E-state index contributed by atoms with van der Waals surface area (Å²) in [5.74, 6) is 1.63. The number of aromatic nitrogens is 2. The largest absolute Gasteiger partial charge is 0.342 e. The zero-order valence-electron chi connectivity index (χ0n) is 16.7. The van der Waals surface area contributed by atoms with Crippen LogP contribution in [-0.2, 0) is 16.1 Å². The predicted octanol–water partition coefficient (Wildman–Crippen LogP) is 3.34. The molecule has 0 spiro atoms. The third-order valence-corrected chi connectivity index (χ3v) is 6.25. The molecule has 2 amide bonds. The van der Waals surface area contributed by atoms with Crippen molar-refractivity contribution in [1.29, 1.82) is 0 Å². The Morgan fingerprint density at radius 3 is 2.79 bits per heavy atom. The van der Waals surface area contributed by atoms with Gasteiger partial charge in [0.1, 0.15) is 5.82 Å². The number of carbonyl (C=O) groups is 2. The van der Waals surface area contributed by atoms with Crippen LogP contribution < -0.4 is 0 Å². The molecule has 2 fully saturated rings. The fraction of sp³-hybridized carbons (Fsp3) is 0.591. The number of likely N-dealkylation sites (tertiary alicyclic amines) is 1. The number of aromatic amines is 1. The molecule has 6 nitrogen and oxygen atoms in total. The van der Waals surface area contributed by atoms with E-state index < -0.39 is 0 Å². The highest BCUT2D eigenvalue weighted by molar-refractivity contribution is 5.84. The van der Waals surface area contributed by atoms with Gasteiger partial charge in [-0.1, -0.05) is 31.4 Å². The monoisotopic (exact) mass is 382 g/mol. The number of hydrogen-bond acceptors (Lipinski definition) is 3. The second kappa shape index (κ2) is 8.33. The van der Waals surface area contributed by atoms with Crippen LogP contribution in [0.3, 0.4) is 0 Å². The number of para-hydroxylation sites is 2. The van der Waals surface area contributed by atoms with Gasteiger partial charge in [-0.2, -0.15) is 0 Å². The number of rotatable bonds is 5. The fourth-order valence-corrected chi connectivity index (χ4v) is 4.67. The van der Waals surface area contributed by atoms with E-state index in [4.69, 9.17) is 0 Å². The summed E-state index contributed by atoms with van der Waals surface area (Å²) in [6.45, 7) is 1.86. The van der Waals surface area contributed by atoms with E-state index >= 15 is 0 Å². The molecule has 1 saturated carbocycles. The summed E-state index contributed by atoms with van der Waals surface area (Å²) in [5.41, 5.74) is 1.90. The van der Waals surface area contributed by atoms with Gasteiger partial charge in [-0.3, -0.25) is 9.59 Å². The van der Waals surface area contributed by atoms with Gasteiger partial charge < -0.3 is 14.8 Å². The second-order valence-corrected chi connectivity index (χ2v) is 8.43. The molecule has 4 rings (SSSR count). The van der Waals surface area contributed by atoms with Crippen LogP contribution >= 0.6 is 0 Å². The van der Waals surface area contributed by atoms with Crippen LogP contribution in [0.4, 0.5) is 0 Å². The Bertz CT molecular complexity index is 807. The average Bonchev–Trinajstić information content (AvgIpc) is 3.12. The molecule has 2 heterocycles. The normalized spacial score (nSPS) is 21.2. The zero-order valence-corrected chi connectivity index (χ0v) is 16.7. The molecular formula is C22H30N4O2. The first kappa shape index (κ1) is 19.0. The van der Waals surface area contributed by atoms with Crippen LogP contribution in [0.1, 0.15) is 50.8 Å². The van der Waals surface area contributed by atoms with E-state index in [1.807, 2.05) is 36.2 Å². The van der Waals surface area contributed by atoms with Gasteiger partial charge in [0.2, 0.25) is 11.8 Å². The number of hydrogen-bond donors (Lipinski definition) is 1. The summed E-state index contributed by atoms with van der Waals surface area (Å²) in [6, 6.07) is 7.89. The molecule has 28 heavy (non-hydrogen) atoms. The van der Waals surface area contributed by atoms with Crippen molar-refractivity contribution in [2.45, 2.75) is 51.5 Å². The van der Waals surface area contributed by atoms with E-state index in [9.17, 15) is 9.59 Å². The van der Waals surface area contributed by atoms with E-state index in [2.05, 4.69) is 9.97 Å². The number of nitrogens with zero attached hydrogens (tertiary/aromatic N) is 3. The minimum atomic E-state index is -0.101. The number of benzene rings is 1. The van der Waals surface area contributed by atoms with Crippen molar-refractivity contribution in [2.24, 2.45) is 11.8 Å². The third kappa shape index (κ3) is 4.21. The summed E-state index contributed by atoms with van der Waals surface area (Å²) in [6.07, 6.45) is 7.44. The molecule has 2 aliphatic rings. The maximum atomic E-state index is 13.0. The maximum Gasteiger partial charge on any atom is 0.227 e. The van der Waals surface area contributed by atoms with Crippen molar-refractivity contribution in [1.82, 2.24) is 19.8 Å². The molecule has 1 saturated heterocycles. The Labute approximate surface area is 166 Å². The summed E-state index contributed by atoms with van der Waals surface area (Å²) < 4.78 is 0. The van der Waals surface area contributed by atoms with Gasteiger partial charge in [0.15, 0.2) is 0 Å². The Hall–Kier alpha value is -2.37. The van der Waals surface area contributed by atoms with Crippen molar-refractivity contribution in [3.05, 3.63) is 30.1 Å². The van der Waals surface area contributed by atoms with E-state index in [1.54, 1.807) is 4.90 Å². The SMILES string of the molecule is CN(Cc1nc2ccccc2[nH]1)C(=O)[C@@H]1CCC(=O)N(CC2CCCCC2)C1. The lowest BCUT2D eigenvalue weighted by molar-refractivity contribution is -0.143. The zero-order chi connectivity index (χ0) is 19.5. The highest BCUT2D eigenvalue weighted by Gasteiger charge is 2.33. The van der Waals surface area contributed by atoms with Crippen LogP contribution in [-0.4, -0.2) is 51.7 Å². The Balaban J connectivity index is 1.36. The molecule has 0 radical (unpaired) electrons. The van der Waals surface area contributed by atoms with Crippen LogP contribution in [0.5, 0.6) is 0 Å². The molecular weight excluding hydrogens is 352 g/mol. The number of amides is 2. The lowest BCUT2D eigenvalue weighted by atomic mass is 9.87. The molecule has 0 unspecified atom stereocenters. The summed E-state index contributed by atoms with van der Waals surface area (Å²) >= 11 is 0. The molecule has 150 valence electrons. The highest BCUT2D eigenvalue weighted by Crippen LogP contribution is 2.27. The van der Waals surface area contributed by atoms with Gasteiger partial charge in [-0.25, -0.2) is 4.98 Å². The van der Waals surface area contributed by atoms with E-state index in [0.717, 1.165) is 23.4 Å². The first-order chi connectivity index (χ1) is 13.6. The fourth-order valence-electron chi connectivity index (χ4n) is 4.67. The lowest BCUT2D eigenvalue weighted by Crippen LogP contribution is -2.47. The van der Waals surface area contributed by atoms with E-state index in [-0.39, 0.29) is 17.7 Å². The van der Waals surface area contributed by atoms with Crippen LogP contribution in [0.15, 0.2) is 24.3 Å². The summed E-state index contributed by atoms with van der Waals surface area (Å²) in [4.78, 5) is 36.9. The quantitative estimate of drug-likeness (QED) is 0.862. The minimum absolute atomic E-state index is 0.101. The van der Waals surface area contributed by atoms with Gasteiger partial charge in [0, 0.05) is 26.6 Å². The van der Waals surface area contributed by atoms with Gasteiger partial charge in [-0.15, -0.1) is 0 Å². The maximum absolute atomic E-state index is 13.0. The first-order valence-electron chi connectivity index (χ1n) is 10.6. The molecule has 1 N–H and O–H groups in total. The predicted molar refractivity (Wildman–Crippen MR) is 108 cm³/mol. The second-order valence-electron chi connectivity index (χ2n) is 8.43. The van der Waals surface area contributed by atoms with Gasteiger partial charge in [-0.05, 0) is 37.3 Å². The van der Waals surface area contributed by atoms with Crippen molar-refractivity contribution in [3.8, 4) is 0 Å². The van der Waals surface area contributed by atoms with Crippen LogP contribution in [0, 0.1) is 11.8 Å². The lowest BCUT2D eigenvalue weighted by Gasteiger charge is -2.36. The van der Waals surface area contributed by atoms with Crippen molar-refractivity contribution in [2.75, 3.05) is 20.1 Å². The number of carbonyl (C=O) groups excluding carboxylic acids is 2. The van der Waals surface area contributed by atoms with Gasteiger partial charge in [0.25, 0.3) is 0 Å². The smallest absolute Gasteiger partial charge is 0.227 e. The van der Waals surface area contributed by atoms with E-state index in [0.29, 0.717) is 31.8 Å². The van der Waals surface area contributed by atoms with E-state index in [1.165, 1.54) is 32.1 Å². The molecule has 1 aromatic carbocycles. The third-order valence-electron chi connectivity index (χ3n) is 6.25. The summed E-state index contributed by atoms with van der Waals surface area (Å²) in [5, 5.41) is 0. The first-order valence-corrected chi connectivity index (χ1v) is 10.6. The summed E-state index contributed by atoms with van der Waals surface area (Å²) in [7, 11) is 1.83. The minimum Gasteiger partial charge on any atom is -0.342 e. The molecule has 1 aliphatic carbocycles. The van der Waals surface area contributed by atoms with Crippen molar-refractivity contribution < 1.29 is 9.59 Å². The number of piperidine rings is 1. The van der Waals surface area contributed by atoms with Gasteiger partial charge in [0.05, 0.1) is 23.5 Å². The molecule has 1 atom stereocenters. The number of H-pyrrole nitrogens is 1. The van der Waals surface area contributed by atoms with Crippen molar-refractivity contribution in [3.63, 3.8) is 0 Å². The molecule has 1 aliphatic heterocycles. The molecule has 1 aromatic heterocycles. The standard InChI is InChI=1S/C22H30N4O2/c1-25(15-20-23-18-9-5-6-10-19(18)24-20)22(28)17-11-12-21(27)26(14-17)13-16-7-3-2-4-8-16/h5-6,9-10,16-17H,2-4,7-8,11-15H2,1H3,(H,23,24)/t17-/m1/s1. The topological polar surface area (TPSA) is 69.3 Å². The van der Waals surface area contributed by atoms with Crippen LogP contribution in [0.25, 0.3) is 11.0 Å². The number of nitrogens with one attached hydrogen (secondary N) is 1. The number of fused-ring (bicyclic) bond motifs is 1. The van der Waals surface area contributed by atoms with Crippen LogP contribution in [0.2, 0.25) is 0 Å². The number of imidazole rings is 1. The molecule has 0 bridgehead atoms. The Morgan fingerprint density at radius 2 is 2.00 bits per heavy atom. The molecule has 6 heteroatoms. The van der Waals surface area contributed by atoms with Crippen molar-refractivity contribution >= 4 is 22.8 Å². The molecule has 2 aromatic rings. The average molecular weight is 383 g/mol.